The molecule has 1 heterocycles. The zero-order valence-corrected chi connectivity index (χ0v) is 11.7. The van der Waals surface area contributed by atoms with Crippen molar-refractivity contribution in [2.75, 3.05) is 0 Å². The normalized spacial score (nSPS) is 12.9. The number of ketones is 1. The monoisotopic (exact) mass is 271 g/mol. The fourth-order valence-corrected chi connectivity index (χ4v) is 1.59. The summed E-state index contributed by atoms with van der Waals surface area (Å²) in [6, 6.07) is -0.610. The van der Waals surface area contributed by atoms with Crippen molar-refractivity contribution in [3.63, 3.8) is 0 Å². The molecule has 0 fully saturated rings. The molecule has 0 saturated carbocycles. The van der Waals surface area contributed by atoms with E-state index in [4.69, 9.17) is 4.74 Å². The topological polar surface area (TPSA) is 81.2 Å². The average Bonchev–Trinajstić information content (AvgIpc) is 2.66. The zero-order chi connectivity index (χ0) is 13.8. The van der Waals surface area contributed by atoms with E-state index in [1.807, 2.05) is 0 Å². The number of nitrogens with one attached hydrogen (secondary N) is 1. The highest BCUT2D eigenvalue weighted by Gasteiger charge is 2.21. The fourth-order valence-electron chi connectivity index (χ4n) is 1.16. The van der Waals surface area contributed by atoms with Crippen molar-refractivity contribution in [1.82, 2.24) is 14.1 Å². The molecule has 0 radical (unpaired) electrons. The second-order valence-electron chi connectivity index (χ2n) is 4.91. The summed E-state index contributed by atoms with van der Waals surface area (Å²) < 4.78 is 12.8. The molecule has 1 atom stereocenters. The van der Waals surface area contributed by atoms with Crippen molar-refractivity contribution in [2.24, 2.45) is 0 Å². The summed E-state index contributed by atoms with van der Waals surface area (Å²) in [5.41, 5.74) is 0.0360. The molecule has 1 rings (SSSR count). The van der Waals surface area contributed by atoms with E-state index in [9.17, 15) is 9.59 Å². The molecule has 1 aromatic heterocycles. The molecular formula is C11H17N3O3S. The van der Waals surface area contributed by atoms with E-state index in [0.717, 1.165) is 11.7 Å². The number of nitrogens with zero attached hydrogens (tertiary/aromatic N) is 2. The predicted octanol–water partition coefficient (Wildman–Crippen LogP) is 1.56. The molecule has 100 valence electrons. The minimum absolute atomic E-state index is 0.131. The van der Waals surface area contributed by atoms with Gasteiger partial charge in [0.05, 0.1) is 36.1 Å². The Morgan fingerprint density at radius 3 is 2.67 bits per heavy atom. The number of hydrogen-bond donors (Lipinski definition) is 1. The van der Waals surface area contributed by atoms with E-state index < -0.39 is 17.7 Å². The lowest BCUT2D eigenvalue weighted by molar-refractivity contribution is -0.120. The third kappa shape index (κ3) is 5.22. The van der Waals surface area contributed by atoms with Crippen LogP contribution in [0.2, 0.25) is 0 Å². The molecule has 1 unspecified atom stereocenters. The Bertz CT molecular complexity index is 412. The second-order valence-corrected chi connectivity index (χ2v) is 5.47. The standard InChI is InChI=1S/C11H17N3O3S/c1-7(13-10(16)17-11(2,3)4)9(15)5-8-6-12-18-14-8/h6-7H,5H2,1-4H3,(H,13,16). The Hall–Kier alpha value is -1.50. The predicted molar refractivity (Wildman–Crippen MR) is 67.5 cm³/mol. The van der Waals surface area contributed by atoms with Crippen LogP contribution in [-0.4, -0.2) is 32.3 Å². The lowest BCUT2D eigenvalue weighted by Crippen LogP contribution is -2.42. The Labute approximate surface area is 110 Å². The minimum atomic E-state index is -0.610. The maximum atomic E-state index is 11.8. The van der Waals surface area contributed by atoms with Crippen molar-refractivity contribution in [2.45, 2.75) is 45.8 Å². The number of carbonyl (C=O) groups excluding carboxylic acids is 2. The summed E-state index contributed by atoms with van der Waals surface area (Å²) in [6.07, 6.45) is 1.11. The van der Waals surface area contributed by atoms with E-state index in [-0.39, 0.29) is 12.2 Å². The lowest BCUT2D eigenvalue weighted by Gasteiger charge is -2.21. The highest BCUT2D eigenvalue weighted by molar-refractivity contribution is 6.99. The van der Waals surface area contributed by atoms with Crippen LogP contribution in [0.4, 0.5) is 4.79 Å². The Balaban J connectivity index is 2.42. The molecule has 0 saturated heterocycles. The van der Waals surface area contributed by atoms with E-state index in [1.54, 1.807) is 33.9 Å². The first-order valence-electron chi connectivity index (χ1n) is 5.56. The molecule has 6 nitrogen and oxygen atoms in total. The lowest BCUT2D eigenvalue weighted by atomic mass is 10.1. The number of rotatable bonds is 4. The summed E-state index contributed by atoms with van der Waals surface area (Å²) >= 11 is 1.05. The van der Waals surface area contributed by atoms with Crippen molar-refractivity contribution in [3.8, 4) is 0 Å². The van der Waals surface area contributed by atoms with Crippen LogP contribution in [0, 0.1) is 0 Å². The molecule has 0 bridgehead atoms. The summed E-state index contributed by atoms with van der Waals surface area (Å²) in [5.74, 6) is -0.131. The zero-order valence-electron chi connectivity index (χ0n) is 10.9. The molecule has 18 heavy (non-hydrogen) atoms. The van der Waals surface area contributed by atoms with Gasteiger partial charge in [0.25, 0.3) is 0 Å². The van der Waals surface area contributed by atoms with E-state index in [2.05, 4.69) is 14.1 Å². The quantitative estimate of drug-likeness (QED) is 0.898. The highest BCUT2D eigenvalue weighted by Crippen LogP contribution is 2.07. The van der Waals surface area contributed by atoms with Gasteiger partial charge in [-0.05, 0) is 27.7 Å². The smallest absolute Gasteiger partial charge is 0.408 e. The van der Waals surface area contributed by atoms with Crippen LogP contribution < -0.4 is 5.32 Å². The third-order valence-electron chi connectivity index (χ3n) is 1.98. The molecule has 0 aromatic carbocycles. The summed E-state index contributed by atoms with van der Waals surface area (Å²) in [6.45, 7) is 6.91. The molecular weight excluding hydrogens is 254 g/mol. The first kappa shape index (κ1) is 14.6. The molecule has 1 N–H and O–H groups in total. The number of carbonyl (C=O) groups is 2. The molecule has 0 aliphatic heterocycles. The SMILES string of the molecule is CC(NC(=O)OC(C)(C)C)C(=O)Cc1cnsn1. The number of Topliss-reactive ketones (excluding diaryl/α,β-unsaturated/α-hetero) is 1. The van der Waals surface area contributed by atoms with Gasteiger partial charge in [-0.3, -0.25) is 4.79 Å². The van der Waals surface area contributed by atoms with Gasteiger partial charge in [0.15, 0.2) is 5.78 Å². The minimum Gasteiger partial charge on any atom is -0.444 e. The third-order valence-corrected chi connectivity index (χ3v) is 2.49. The first-order valence-corrected chi connectivity index (χ1v) is 6.29. The van der Waals surface area contributed by atoms with Gasteiger partial charge in [-0.15, -0.1) is 0 Å². The molecule has 0 spiro atoms. The van der Waals surface area contributed by atoms with Crippen LogP contribution in [0.15, 0.2) is 6.20 Å². The molecule has 1 aromatic rings. The summed E-state index contributed by atoms with van der Waals surface area (Å²) in [4.78, 5) is 23.2. The van der Waals surface area contributed by atoms with Crippen LogP contribution in [0.3, 0.4) is 0 Å². The van der Waals surface area contributed by atoms with Crippen LogP contribution in [-0.2, 0) is 16.0 Å². The van der Waals surface area contributed by atoms with Gasteiger partial charge in [0.2, 0.25) is 0 Å². The average molecular weight is 271 g/mol. The van der Waals surface area contributed by atoms with Gasteiger partial charge in [0.1, 0.15) is 5.60 Å². The highest BCUT2D eigenvalue weighted by atomic mass is 32.1. The van der Waals surface area contributed by atoms with Crippen LogP contribution in [0.25, 0.3) is 0 Å². The number of alkyl carbamates (subject to hydrolysis) is 1. The largest absolute Gasteiger partial charge is 0.444 e. The molecule has 7 heteroatoms. The van der Waals surface area contributed by atoms with Crippen molar-refractivity contribution in [3.05, 3.63) is 11.9 Å². The van der Waals surface area contributed by atoms with Gasteiger partial charge in [0, 0.05) is 0 Å². The van der Waals surface area contributed by atoms with E-state index in [1.165, 1.54) is 0 Å². The van der Waals surface area contributed by atoms with Gasteiger partial charge in [-0.1, -0.05) is 0 Å². The summed E-state index contributed by atoms with van der Waals surface area (Å²) in [5, 5.41) is 2.49. The van der Waals surface area contributed by atoms with Gasteiger partial charge in [-0.2, -0.15) is 8.75 Å². The maximum Gasteiger partial charge on any atom is 0.408 e. The van der Waals surface area contributed by atoms with Crippen molar-refractivity contribution >= 4 is 23.6 Å². The Morgan fingerprint density at radius 2 is 2.17 bits per heavy atom. The first-order chi connectivity index (χ1) is 8.28. The summed E-state index contributed by atoms with van der Waals surface area (Å²) in [7, 11) is 0. The molecule has 1 amide bonds. The molecule has 0 aliphatic rings. The maximum absolute atomic E-state index is 11.8. The van der Waals surface area contributed by atoms with E-state index >= 15 is 0 Å². The van der Waals surface area contributed by atoms with Gasteiger partial charge in [-0.25, -0.2) is 4.79 Å². The molecule has 0 aliphatic carbocycles. The number of aromatic nitrogens is 2. The van der Waals surface area contributed by atoms with Crippen molar-refractivity contribution < 1.29 is 14.3 Å². The Morgan fingerprint density at radius 1 is 1.50 bits per heavy atom. The number of ether oxygens (including phenoxy) is 1. The van der Waals surface area contributed by atoms with Crippen molar-refractivity contribution in [1.29, 1.82) is 0 Å². The Kier molecular flexibility index (Phi) is 4.77. The second kappa shape index (κ2) is 5.90. The number of amides is 1. The van der Waals surface area contributed by atoms with Gasteiger partial charge >= 0.3 is 6.09 Å². The van der Waals surface area contributed by atoms with Crippen LogP contribution in [0.5, 0.6) is 0 Å². The van der Waals surface area contributed by atoms with Crippen LogP contribution in [0.1, 0.15) is 33.4 Å². The van der Waals surface area contributed by atoms with Crippen LogP contribution >= 0.6 is 11.7 Å². The fraction of sp³-hybridized carbons (Fsp3) is 0.636. The van der Waals surface area contributed by atoms with Gasteiger partial charge < -0.3 is 10.1 Å². The van der Waals surface area contributed by atoms with E-state index in [0.29, 0.717) is 5.69 Å². The number of hydrogen-bond acceptors (Lipinski definition) is 6.